The maximum atomic E-state index is 9.97. The van der Waals surface area contributed by atoms with E-state index in [9.17, 15) is 5.11 Å². The molecule has 1 aliphatic rings. The van der Waals surface area contributed by atoms with E-state index >= 15 is 0 Å². The second-order valence-electron chi connectivity index (χ2n) is 6.04. The van der Waals surface area contributed by atoms with Crippen molar-refractivity contribution >= 4 is 11.4 Å². The summed E-state index contributed by atoms with van der Waals surface area (Å²) in [7, 11) is 3.53. The molecule has 0 aliphatic carbocycles. The number of hydrogen-bond donors (Lipinski definition) is 2. The van der Waals surface area contributed by atoms with Gasteiger partial charge in [0.25, 0.3) is 0 Å². The monoisotopic (exact) mass is 327 g/mol. The summed E-state index contributed by atoms with van der Waals surface area (Å²) in [5.41, 5.74) is 3.06. The van der Waals surface area contributed by atoms with Crippen molar-refractivity contribution in [3.63, 3.8) is 0 Å². The van der Waals surface area contributed by atoms with E-state index in [1.807, 2.05) is 31.3 Å². The summed E-state index contributed by atoms with van der Waals surface area (Å²) < 4.78 is 5.47. The van der Waals surface area contributed by atoms with Gasteiger partial charge in [0.2, 0.25) is 0 Å². The Bertz CT molecular complexity index is 682. The lowest BCUT2D eigenvalue weighted by atomic mass is 10.1. The smallest absolute Gasteiger partial charge is 0.142 e. The van der Waals surface area contributed by atoms with Crippen LogP contribution in [0.4, 0.5) is 11.4 Å². The molecule has 0 amide bonds. The van der Waals surface area contributed by atoms with Crippen molar-refractivity contribution in [2.45, 2.75) is 6.54 Å². The van der Waals surface area contributed by atoms with Gasteiger partial charge in [0, 0.05) is 39.8 Å². The average molecular weight is 327 g/mol. The highest BCUT2D eigenvalue weighted by Gasteiger charge is 2.19. The first-order valence-electron chi connectivity index (χ1n) is 8.31. The first-order valence-corrected chi connectivity index (χ1v) is 8.31. The van der Waals surface area contributed by atoms with E-state index in [0.717, 1.165) is 55.4 Å². The highest BCUT2D eigenvalue weighted by atomic mass is 16.5. The van der Waals surface area contributed by atoms with Crippen molar-refractivity contribution in [3.05, 3.63) is 48.0 Å². The minimum Gasteiger partial charge on any atom is -0.506 e. The van der Waals surface area contributed by atoms with Crippen LogP contribution in [0.3, 0.4) is 0 Å². The van der Waals surface area contributed by atoms with E-state index in [1.54, 1.807) is 7.11 Å². The Balaban J connectivity index is 1.60. The molecule has 0 atom stereocenters. The molecule has 2 aromatic rings. The van der Waals surface area contributed by atoms with E-state index in [2.05, 4.69) is 33.3 Å². The predicted molar refractivity (Wildman–Crippen MR) is 98.1 cm³/mol. The van der Waals surface area contributed by atoms with Crippen molar-refractivity contribution in [3.8, 4) is 11.5 Å². The number of phenolic OH excluding ortho intramolecular Hbond substituents is 1. The molecule has 0 unspecified atom stereocenters. The molecule has 5 nitrogen and oxygen atoms in total. The van der Waals surface area contributed by atoms with Crippen LogP contribution in [0, 0.1) is 0 Å². The largest absolute Gasteiger partial charge is 0.506 e. The SMILES string of the molecule is CNc1ccc(CN2CCN(c3ccccc3OC)CC2)cc1O. The number of methoxy groups -OCH3 is 1. The first-order chi connectivity index (χ1) is 11.7. The molecule has 1 saturated heterocycles. The van der Waals surface area contributed by atoms with Gasteiger partial charge in [-0.3, -0.25) is 4.90 Å². The fraction of sp³-hybridized carbons (Fsp3) is 0.368. The van der Waals surface area contributed by atoms with Crippen molar-refractivity contribution in [1.82, 2.24) is 4.90 Å². The predicted octanol–water partition coefficient (Wildman–Crippen LogP) is 2.76. The molecule has 128 valence electrons. The van der Waals surface area contributed by atoms with E-state index in [1.165, 1.54) is 0 Å². The number of aromatic hydroxyl groups is 1. The normalized spacial score (nSPS) is 15.3. The van der Waals surface area contributed by atoms with Gasteiger partial charge >= 0.3 is 0 Å². The zero-order valence-corrected chi connectivity index (χ0v) is 14.3. The maximum absolute atomic E-state index is 9.97. The Morgan fingerprint density at radius 2 is 1.83 bits per heavy atom. The zero-order valence-electron chi connectivity index (χ0n) is 14.3. The van der Waals surface area contributed by atoms with Crippen molar-refractivity contribution in [2.24, 2.45) is 0 Å². The standard InChI is InChI=1S/C19H25N3O2/c1-20-16-8-7-15(13-18(16)23)14-21-9-11-22(12-10-21)17-5-3-4-6-19(17)24-2/h3-8,13,20,23H,9-12,14H2,1-2H3. The molecule has 0 aromatic heterocycles. The number of ether oxygens (including phenoxy) is 1. The Labute approximate surface area is 143 Å². The number of anilines is 2. The van der Waals surface area contributed by atoms with Crippen LogP contribution in [0.25, 0.3) is 0 Å². The number of benzene rings is 2. The molecule has 2 N–H and O–H groups in total. The van der Waals surface area contributed by atoms with Gasteiger partial charge in [-0.15, -0.1) is 0 Å². The fourth-order valence-corrected chi connectivity index (χ4v) is 3.18. The Hall–Kier alpha value is -2.40. The molecular formula is C19H25N3O2. The number of para-hydroxylation sites is 2. The van der Waals surface area contributed by atoms with Gasteiger partial charge in [0.05, 0.1) is 18.5 Å². The van der Waals surface area contributed by atoms with Crippen molar-refractivity contribution in [2.75, 3.05) is 50.6 Å². The summed E-state index contributed by atoms with van der Waals surface area (Å²) in [6.07, 6.45) is 0. The lowest BCUT2D eigenvalue weighted by Gasteiger charge is -2.36. The summed E-state index contributed by atoms with van der Waals surface area (Å²) >= 11 is 0. The van der Waals surface area contributed by atoms with Gasteiger partial charge in [-0.1, -0.05) is 18.2 Å². The third kappa shape index (κ3) is 3.57. The molecule has 24 heavy (non-hydrogen) atoms. The summed E-state index contributed by atoms with van der Waals surface area (Å²) in [6, 6.07) is 14.0. The average Bonchev–Trinajstić information content (AvgIpc) is 2.62. The highest BCUT2D eigenvalue weighted by molar-refractivity contribution is 5.59. The minimum atomic E-state index is 0.308. The van der Waals surface area contributed by atoms with Gasteiger partial charge in [-0.25, -0.2) is 0 Å². The molecule has 0 spiro atoms. The quantitative estimate of drug-likeness (QED) is 0.827. The van der Waals surface area contributed by atoms with E-state index < -0.39 is 0 Å². The maximum Gasteiger partial charge on any atom is 0.142 e. The van der Waals surface area contributed by atoms with Crippen LogP contribution in [0.15, 0.2) is 42.5 Å². The third-order valence-electron chi connectivity index (χ3n) is 4.54. The molecule has 1 aliphatic heterocycles. The number of phenols is 1. The molecule has 1 fully saturated rings. The molecular weight excluding hydrogens is 302 g/mol. The van der Waals surface area contributed by atoms with Crippen LogP contribution in [-0.2, 0) is 6.54 Å². The first kappa shape index (κ1) is 16.5. The third-order valence-corrected chi connectivity index (χ3v) is 4.54. The molecule has 0 bridgehead atoms. The van der Waals surface area contributed by atoms with Gasteiger partial charge in [-0.05, 0) is 29.8 Å². The highest BCUT2D eigenvalue weighted by Crippen LogP contribution is 2.29. The van der Waals surface area contributed by atoms with Crippen LogP contribution >= 0.6 is 0 Å². The van der Waals surface area contributed by atoms with Gasteiger partial charge in [0.15, 0.2) is 0 Å². The molecule has 0 saturated carbocycles. The van der Waals surface area contributed by atoms with Gasteiger partial charge in [0.1, 0.15) is 11.5 Å². The van der Waals surface area contributed by atoms with Crippen molar-refractivity contribution < 1.29 is 9.84 Å². The second-order valence-corrected chi connectivity index (χ2v) is 6.04. The lowest BCUT2D eigenvalue weighted by molar-refractivity contribution is 0.249. The summed E-state index contributed by atoms with van der Waals surface area (Å²) in [4.78, 5) is 4.79. The van der Waals surface area contributed by atoms with Gasteiger partial charge < -0.3 is 20.1 Å². The van der Waals surface area contributed by atoms with E-state index in [0.29, 0.717) is 5.75 Å². The topological polar surface area (TPSA) is 48.0 Å². The molecule has 5 heteroatoms. The second kappa shape index (κ2) is 7.45. The number of rotatable bonds is 5. The fourth-order valence-electron chi connectivity index (χ4n) is 3.18. The molecule has 3 rings (SSSR count). The summed E-state index contributed by atoms with van der Waals surface area (Å²) in [5.74, 6) is 1.24. The lowest BCUT2D eigenvalue weighted by Crippen LogP contribution is -2.46. The van der Waals surface area contributed by atoms with Crippen LogP contribution in [-0.4, -0.2) is 50.3 Å². The summed E-state index contributed by atoms with van der Waals surface area (Å²) in [5, 5.41) is 12.9. The van der Waals surface area contributed by atoms with E-state index in [4.69, 9.17) is 4.74 Å². The molecule has 1 heterocycles. The Kier molecular flexibility index (Phi) is 5.11. The Morgan fingerprint density at radius 3 is 2.50 bits per heavy atom. The van der Waals surface area contributed by atoms with E-state index in [-0.39, 0.29) is 0 Å². The zero-order chi connectivity index (χ0) is 16.9. The Morgan fingerprint density at radius 1 is 1.08 bits per heavy atom. The number of piperazine rings is 1. The number of hydrogen-bond acceptors (Lipinski definition) is 5. The van der Waals surface area contributed by atoms with Crippen LogP contribution in [0.1, 0.15) is 5.56 Å². The molecule has 0 radical (unpaired) electrons. The van der Waals surface area contributed by atoms with Crippen LogP contribution in [0.5, 0.6) is 11.5 Å². The van der Waals surface area contributed by atoms with Crippen LogP contribution in [0.2, 0.25) is 0 Å². The number of nitrogens with one attached hydrogen (secondary N) is 1. The molecule has 2 aromatic carbocycles. The van der Waals surface area contributed by atoms with Gasteiger partial charge in [-0.2, -0.15) is 0 Å². The van der Waals surface area contributed by atoms with Crippen molar-refractivity contribution in [1.29, 1.82) is 0 Å². The van der Waals surface area contributed by atoms with Crippen LogP contribution < -0.4 is 15.0 Å². The minimum absolute atomic E-state index is 0.308. The number of nitrogens with zero attached hydrogens (tertiary/aromatic N) is 2. The summed E-state index contributed by atoms with van der Waals surface area (Å²) in [6.45, 7) is 4.79.